The van der Waals surface area contributed by atoms with Crippen molar-refractivity contribution < 1.29 is 14.7 Å². The summed E-state index contributed by atoms with van der Waals surface area (Å²) in [5, 5.41) is 11.7. The van der Waals surface area contributed by atoms with Crippen LogP contribution in [0.5, 0.6) is 0 Å². The summed E-state index contributed by atoms with van der Waals surface area (Å²) in [7, 11) is 0. The van der Waals surface area contributed by atoms with Crippen molar-refractivity contribution >= 4 is 34.8 Å². The summed E-state index contributed by atoms with van der Waals surface area (Å²) < 4.78 is 0.627. The number of aliphatic carboxylic acids is 1. The Morgan fingerprint density at radius 3 is 2.61 bits per heavy atom. The maximum Gasteiger partial charge on any atom is 0.326 e. The van der Waals surface area contributed by atoms with Crippen LogP contribution in [0.3, 0.4) is 0 Å². The van der Waals surface area contributed by atoms with Crippen molar-refractivity contribution in [2.75, 3.05) is 0 Å². The lowest BCUT2D eigenvalue weighted by atomic mass is 10.1. The third kappa shape index (κ3) is 3.03. The second-order valence-corrected chi connectivity index (χ2v) is 6.27. The Morgan fingerprint density at radius 1 is 1.50 bits per heavy atom. The molecule has 18 heavy (non-hydrogen) atoms. The van der Waals surface area contributed by atoms with Crippen molar-refractivity contribution in [1.29, 1.82) is 0 Å². The maximum atomic E-state index is 12.0. The maximum absolute atomic E-state index is 12.0. The normalized spacial score (nSPS) is 18.1. The van der Waals surface area contributed by atoms with E-state index < -0.39 is 12.0 Å². The van der Waals surface area contributed by atoms with E-state index in [0.29, 0.717) is 4.34 Å². The highest BCUT2D eigenvalue weighted by Crippen LogP contribution is 2.33. The van der Waals surface area contributed by atoms with Gasteiger partial charge in [-0.1, -0.05) is 11.6 Å². The van der Waals surface area contributed by atoms with Gasteiger partial charge in [-0.3, -0.25) is 4.79 Å². The molecule has 0 aliphatic heterocycles. The summed E-state index contributed by atoms with van der Waals surface area (Å²) in [4.78, 5) is 23.9. The van der Waals surface area contributed by atoms with E-state index in [4.69, 9.17) is 16.7 Å². The van der Waals surface area contributed by atoms with Crippen molar-refractivity contribution in [2.45, 2.75) is 31.7 Å². The fourth-order valence-corrected chi connectivity index (χ4v) is 2.89. The molecule has 0 spiro atoms. The molecule has 1 aromatic rings. The molecule has 0 bridgehead atoms. The minimum Gasteiger partial charge on any atom is -0.480 e. The number of thiophene rings is 1. The highest BCUT2D eigenvalue weighted by atomic mass is 35.5. The zero-order valence-corrected chi connectivity index (χ0v) is 11.4. The third-order valence-electron chi connectivity index (χ3n) is 3.07. The van der Waals surface area contributed by atoms with Gasteiger partial charge in [0.25, 0.3) is 0 Å². The molecule has 0 aromatic carbocycles. The Balaban J connectivity index is 2.00. The fraction of sp³-hybridized carbons (Fsp3) is 0.500. The lowest BCUT2D eigenvalue weighted by Gasteiger charge is -2.16. The minimum atomic E-state index is -0.956. The van der Waals surface area contributed by atoms with Gasteiger partial charge in [-0.05, 0) is 37.8 Å². The number of carbonyl (C=O) groups is 2. The number of rotatable bonds is 5. The molecule has 0 saturated heterocycles. The van der Waals surface area contributed by atoms with Crippen LogP contribution < -0.4 is 5.32 Å². The average Bonchev–Trinajstić information content (AvgIpc) is 3.06. The SMILES string of the molecule is CC(C(=O)NC(C(=O)O)C1CC1)c1ccc(Cl)s1. The lowest BCUT2D eigenvalue weighted by molar-refractivity contribution is -0.142. The van der Waals surface area contributed by atoms with Gasteiger partial charge >= 0.3 is 5.97 Å². The molecule has 2 atom stereocenters. The summed E-state index contributed by atoms with van der Waals surface area (Å²) in [6.45, 7) is 1.75. The number of carboxylic acid groups (broad SMARTS) is 1. The Kier molecular flexibility index (Phi) is 3.92. The molecule has 1 saturated carbocycles. The van der Waals surface area contributed by atoms with Gasteiger partial charge in [-0.15, -0.1) is 11.3 Å². The largest absolute Gasteiger partial charge is 0.480 e. The lowest BCUT2D eigenvalue weighted by Crippen LogP contribution is -2.43. The van der Waals surface area contributed by atoms with Gasteiger partial charge in [-0.2, -0.15) is 0 Å². The first kappa shape index (κ1) is 13.4. The molecule has 6 heteroatoms. The molecule has 1 aromatic heterocycles. The Hall–Kier alpha value is -1.07. The number of nitrogens with one attached hydrogen (secondary N) is 1. The highest BCUT2D eigenvalue weighted by molar-refractivity contribution is 7.16. The van der Waals surface area contributed by atoms with Crippen LogP contribution in [0, 0.1) is 5.92 Å². The van der Waals surface area contributed by atoms with E-state index in [-0.39, 0.29) is 17.7 Å². The van der Waals surface area contributed by atoms with Gasteiger partial charge in [0, 0.05) is 4.88 Å². The van der Waals surface area contributed by atoms with Gasteiger partial charge in [0.05, 0.1) is 10.3 Å². The van der Waals surface area contributed by atoms with E-state index in [1.165, 1.54) is 11.3 Å². The van der Waals surface area contributed by atoms with Crippen LogP contribution in [0.1, 0.15) is 30.6 Å². The first-order chi connectivity index (χ1) is 8.49. The molecule has 1 fully saturated rings. The molecule has 1 aliphatic carbocycles. The number of halogens is 1. The molecule has 4 nitrogen and oxygen atoms in total. The molecular formula is C12H14ClNO3S. The van der Waals surface area contributed by atoms with Crippen LogP contribution in [0.25, 0.3) is 0 Å². The Bertz CT molecular complexity index is 470. The van der Waals surface area contributed by atoms with Gasteiger partial charge in [0.2, 0.25) is 5.91 Å². The van der Waals surface area contributed by atoms with E-state index in [9.17, 15) is 9.59 Å². The molecule has 2 N–H and O–H groups in total. The zero-order valence-electron chi connectivity index (χ0n) is 9.85. The molecule has 98 valence electrons. The monoisotopic (exact) mass is 287 g/mol. The second-order valence-electron chi connectivity index (χ2n) is 4.53. The quantitative estimate of drug-likeness (QED) is 0.874. The predicted molar refractivity (Wildman–Crippen MR) is 70.0 cm³/mol. The number of carbonyl (C=O) groups excluding carboxylic acids is 1. The summed E-state index contributed by atoms with van der Waals surface area (Å²) in [5.41, 5.74) is 0. The van der Waals surface area contributed by atoms with Crippen LogP contribution in [0.4, 0.5) is 0 Å². The fourth-order valence-electron chi connectivity index (χ4n) is 1.78. The molecule has 2 unspecified atom stereocenters. The van der Waals surface area contributed by atoms with Crippen LogP contribution in [-0.4, -0.2) is 23.0 Å². The molecule has 0 radical (unpaired) electrons. The van der Waals surface area contributed by atoms with Crippen LogP contribution in [-0.2, 0) is 9.59 Å². The van der Waals surface area contributed by atoms with Crippen LogP contribution in [0.15, 0.2) is 12.1 Å². The Labute approximate surface area is 114 Å². The summed E-state index contributed by atoms with van der Waals surface area (Å²) >= 11 is 7.16. The predicted octanol–water partition coefficient (Wildman–Crippen LogP) is 2.48. The number of carboxylic acids is 1. The smallest absolute Gasteiger partial charge is 0.326 e. The van der Waals surface area contributed by atoms with E-state index >= 15 is 0 Å². The molecule has 1 amide bonds. The Morgan fingerprint density at radius 2 is 2.17 bits per heavy atom. The number of hydrogen-bond acceptors (Lipinski definition) is 3. The van der Waals surface area contributed by atoms with E-state index in [1.807, 2.05) is 0 Å². The molecule has 1 heterocycles. The van der Waals surface area contributed by atoms with Crippen LogP contribution >= 0.6 is 22.9 Å². The standard InChI is InChI=1S/C12H14ClNO3S/c1-6(8-4-5-9(13)18-8)11(15)14-10(12(16)17)7-2-3-7/h4-7,10H,2-3H2,1H3,(H,14,15)(H,16,17). The summed E-state index contributed by atoms with van der Waals surface area (Å²) in [6, 6.07) is 2.78. The average molecular weight is 288 g/mol. The molecule has 1 aliphatic rings. The van der Waals surface area contributed by atoms with Gasteiger partial charge < -0.3 is 10.4 Å². The first-order valence-corrected chi connectivity index (χ1v) is 6.97. The van der Waals surface area contributed by atoms with Crippen molar-refractivity contribution in [3.63, 3.8) is 0 Å². The van der Waals surface area contributed by atoms with Gasteiger partial charge in [0.15, 0.2) is 0 Å². The number of hydrogen-bond donors (Lipinski definition) is 2. The molecular weight excluding hydrogens is 274 g/mol. The zero-order chi connectivity index (χ0) is 13.3. The van der Waals surface area contributed by atoms with Crippen molar-refractivity contribution in [2.24, 2.45) is 5.92 Å². The second kappa shape index (κ2) is 5.28. The van der Waals surface area contributed by atoms with E-state index in [0.717, 1.165) is 17.7 Å². The third-order valence-corrected chi connectivity index (χ3v) is 4.49. The summed E-state index contributed by atoms with van der Waals surface area (Å²) in [6.07, 6.45) is 1.74. The van der Waals surface area contributed by atoms with Gasteiger partial charge in [0.1, 0.15) is 6.04 Å². The van der Waals surface area contributed by atoms with Crippen molar-refractivity contribution in [3.8, 4) is 0 Å². The minimum absolute atomic E-state index is 0.0885. The van der Waals surface area contributed by atoms with Crippen LogP contribution in [0.2, 0.25) is 4.34 Å². The van der Waals surface area contributed by atoms with E-state index in [2.05, 4.69) is 5.32 Å². The van der Waals surface area contributed by atoms with Crippen molar-refractivity contribution in [3.05, 3.63) is 21.3 Å². The highest BCUT2D eigenvalue weighted by Gasteiger charge is 2.38. The van der Waals surface area contributed by atoms with Gasteiger partial charge in [-0.25, -0.2) is 4.79 Å². The topological polar surface area (TPSA) is 66.4 Å². The van der Waals surface area contributed by atoms with E-state index in [1.54, 1.807) is 19.1 Å². The number of amides is 1. The molecule has 2 rings (SSSR count). The van der Waals surface area contributed by atoms with Crippen molar-refractivity contribution in [1.82, 2.24) is 5.32 Å². The summed E-state index contributed by atoms with van der Waals surface area (Å²) in [5.74, 6) is -1.50. The first-order valence-electron chi connectivity index (χ1n) is 5.77.